The zero-order chi connectivity index (χ0) is 22.0. The summed E-state index contributed by atoms with van der Waals surface area (Å²) in [6.45, 7) is 21.3. The summed E-state index contributed by atoms with van der Waals surface area (Å²) in [7, 11) is 1.87. The SMILES string of the molecule is C=CC(C)(C)F.C=CN(/C=C/c1cc(CNC)ccc1F)C(=C)CC(C)(C)C. The van der Waals surface area contributed by atoms with Crippen LogP contribution < -0.4 is 5.32 Å². The average molecular weight is 391 g/mol. The largest absolute Gasteiger partial charge is 0.329 e. The Morgan fingerprint density at radius 1 is 1.18 bits per heavy atom. The van der Waals surface area contributed by atoms with Gasteiger partial charge in [-0.25, -0.2) is 8.78 Å². The standard InChI is InChI=1S/C19H27FN2.C5H9F/c1-7-22(15(2)13-19(3,4)5)11-10-17-12-16(14-21-6)8-9-18(17)20;1-4-5(2,3)6/h7-12,21H,1-2,13-14H2,3-6H3;4H,1H2,2-3H3/b11-10+;. The fourth-order valence-electron chi connectivity index (χ4n) is 2.19. The summed E-state index contributed by atoms with van der Waals surface area (Å²) in [6.07, 6.45) is 7.37. The molecule has 0 aliphatic carbocycles. The molecule has 0 saturated carbocycles. The Labute approximate surface area is 170 Å². The van der Waals surface area contributed by atoms with Crippen LogP contribution in [0.5, 0.6) is 0 Å². The van der Waals surface area contributed by atoms with E-state index < -0.39 is 5.67 Å². The number of hydrogen-bond donors (Lipinski definition) is 1. The van der Waals surface area contributed by atoms with Gasteiger partial charge in [0.25, 0.3) is 0 Å². The number of nitrogens with zero attached hydrogens (tertiary/aromatic N) is 1. The van der Waals surface area contributed by atoms with Crippen LogP contribution in [0.15, 0.2) is 62.1 Å². The number of hydrogen-bond acceptors (Lipinski definition) is 2. The van der Waals surface area contributed by atoms with Crippen molar-refractivity contribution in [3.63, 3.8) is 0 Å². The first kappa shape index (κ1) is 25.8. The second-order valence-corrected chi connectivity index (χ2v) is 8.36. The van der Waals surface area contributed by atoms with E-state index in [1.54, 1.807) is 18.3 Å². The first-order valence-corrected chi connectivity index (χ1v) is 9.35. The van der Waals surface area contributed by atoms with Gasteiger partial charge < -0.3 is 10.2 Å². The van der Waals surface area contributed by atoms with E-state index in [1.165, 1.54) is 26.0 Å². The van der Waals surface area contributed by atoms with Crippen LogP contribution in [0.2, 0.25) is 0 Å². The summed E-state index contributed by atoms with van der Waals surface area (Å²) in [6, 6.07) is 5.12. The minimum absolute atomic E-state index is 0.143. The van der Waals surface area contributed by atoms with Crippen LogP contribution in [0, 0.1) is 11.2 Å². The molecule has 0 fully saturated rings. The number of halogens is 2. The average Bonchev–Trinajstić information content (AvgIpc) is 2.56. The molecule has 0 atom stereocenters. The van der Waals surface area contributed by atoms with Crippen molar-refractivity contribution in [3.8, 4) is 0 Å². The van der Waals surface area contributed by atoms with Crippen molar-refractivity contribution in [1.29, 1.82) is 0 Å². The van der Waals surface area contributed by atoms with Crippen LogP contribution in [0.4, 0.5) is 8.78 Å². The monoisotopic (exact) mass is 390 g/mol. The van der Waals surface area contributed by atoms with Crippen LogP contribution in [0.3, 0.4) is 0 Å². The van der Waals surface area contributed by atoms with Gasteiger partial charge in [0.05, 0.1) is 0 Å². The highest BCUT2D eigenvalue weighted by molar-refractivity contribution is 5.51. The third kappa shape index (κ3) is 11.5. The van der Waals surface area contributed by atoms with Crippen molar-refractivity contribution in [1.82, 2.24) is 10.2 Å². The molecule has 28 heavy (non-hydrogen) atoms. The lowest BCUT2D eigenvalue weighted by molar-refractivity contribution is 0.288. The lowest BCUT2D eigenvalue weighted by Crippen LogP contribution is -2.15. The van der Waals surface area contributed by atoms with Gasteiger partial charge in [-0.3, -0.25) is 0 Å². The second-order valence-electron chi connectivity index (χ2n) is 8.36. The van der Waals surface area contributed by atoms with E-state index in [9.17, 15) is 8.78 Å². The van der Waals surface area contributed by atoms with Crippen molar-refractivity contribution in [2.24, 2.45) is 5.41 Å². The van der Waals surface area contributed by atoms with Crippen LogP contribution >= 0.6 is 0 Å². The van der Waals surface area contributed by atoms with E-state index >= 15 is 0 Å². The van der Waals surface area contributed by atoms with Gasteiger partial charge in [-0.2, -0.15) is 0 Å². The smallest absolute Gasteiger partial charge is 0.130 e. The number of allylic oxidation sites excluding steroid dienone is 2. The Hall–Kier alpha value is -2.20. The molecule has 2 nitrogen and oxygen atoms in total. The summed E-state index contributed by atoms with van der Waals surface area (Å²) < 4.78 is 25.9. The third-order valence-electron chi connectivity index (χ3n) is 3.64. The molecule has 0 bridgehead atoms. The Balaban J connectivity index is 0.00000105. The number of rotatable bonds is 8. The Morgan fingerprint density at radius 3 is 2.18 bits per heavy atom. The van der Waals surface area contributed by atoms with Gasteiger partial charge in [0.1, 0.15) is 11.5 Å². The zero-order valence-corrected chi connectivity index (χ0v) is 18.3. The van der Waals surface area contributed by atoms with Crippen molar-refractivity contribution in [2.45, 2.75) is 53.3 Å². The molecule has 0 saturated heterocycles. The summed E-state index contributed by atoms with van der Waals surface area (Å²) in [5.74, 6) is -0.235. The number of alkyl halides is 1. The summed E-state index contributed by atoms with van der Waals surface area (Å²) in [4.78, 5) is 1.84. The second kappa shape index (κ2) is 11.6. The number of benzene rings is 1. The molecule has 0 unspecified atom stereocenters. The predicted molar refractivity (Wildman–Crippen MR) is 119 cm³/mol. The predicted octanol–water partition coefficient (Wildman–Crippen LogP) is 6.83. The van der Waals surface area contributed by atoms with Gasteiger partial charge in [0, 0.05) is 30.2 Å². The van der Waals surface area contributed by atoms with Crippen LogP contribution in [0.1, 0.15) is 52.2 Å². The minimum atomic E-state index is -1.19. The van der Waals surface area contributed by atoms with E-state index in [2.05, 4.69) is 45.8 Å². The fourth-order valence-corrected chi connectivity index (χ4v) is 2.19. The molecular weight excluding hydrogens is 354 g/mol. The molecular formula is C24H36F2N2. The van der Waals surface area contributed by atoms with Crippen molar-refractivity contribution < 1.29 is 8.78 Å². The van der Waals surface area contributed by atoms with Gasteiger partial charge in [-0.1, -0.05) is 52.7 Å². The molecule has 4 heteroatoms. The van der Waals surface area contributed by atoms with Gasteiger partial charge in [0.2, 0.25) is 0 Å². The maximum Gasteiger partial charge on any atom is 0.130 e. The molecule has 0 heterocycles. The lowest BCUT2D eigenvalue weighted by Gasteiger charge is -2.25. The Morgan fingerprint density at radius 2 is 1.75 bits per heavy atom. The maximum absolute atomic E-state index is 13.9. The molecule has 1 aromatic rings. The van der Waals surface area contributed by atoms with Gasteiger partial charge in [-0.05, 0) is 56.5 Å². The molecule has 0 amide bonds. The normalized spacial score (nSPS) is 11.6. The summed E-state index contributed by atoms with van der Waals surface area (Å²) >= 11 is 0. The minimum Gasteiger partial charge on any atom is -0.329 e. The summed E-state index contributed by atoms with van der Waals surface area (Å²) in [5.41, 5.74) is 1.49. The lowest BCUT2D eigenvalue weighted by atomic mass is 9.90. The van der Waals surface area contributed by atoms with Gasteiger partial charge >= 0.3 is 0 Å². The van der Waals surface area contributed by atoms with E-state index in [0.29, 0.717) is 12.1 Å². The van der Waals surface area contributed by atoms with E-state index in [1.807, 2.05) is 24.2 Å². The van der Waals surface area contributed by atoms with Crippen molar-refractivity contribution in [2.75, 3.05) is 7.05 Å². The molecule has 0 spiro atoms. The highest BCUT2D eigenvalue weighted by atomic mass is 19.1. The molecule has 1 rings (SSSR count). The van der Waals surface area contributed by atoms with E-state index in [-0.39, 0.29) is 11.2 Å². The van der Waals surface area contributed by atoms with Gasteiger partial charge in [0.15, 0.2) is 0 Å². The molecule has 156 valence electrons. The first-order chi connectivity index (χ1) is 12.8. The third-order valence-corrected chi connectivity index (χ3v) is 3.64. The van der Waals surface area contributed by atoms with E-state index in [4.69, 9.17) is 0 Å². The molecule has 0 aliphatic rings. The number of nitrogens with one attached hydrogen (secondary N) is 1. The molecule has 0 aliphatic heterocycles. The Kier molecular flexibility index (Phi) is 10.7. The van der Waals surface area contributed by atoms with Crippen molar-refractivity contribution in [3.05, 3.63) is 79.1 Å². The van der Waals surface area contributed by atoms with Gasteiger partial charge in [-0.15, -0.1) is 0 Å². The highest BCUT2D eigenvalue weighted by Crippen LogP contribution is 2.25. The molecule has 1 N–H and O–H groups in total. The van der Waals surface area contributed by atoms with E-state index in [0.717, 1.165) is 17.7 Å². The Bertz CT molecular complexity index is 677. The van der Waals surface area contributed by atoms with Crippen LogP contribution in [0.25, 0.3) is 6.08 Å². The quantitative estimate of drug-likeness (QED) is 0.489. The topological polar surface area (TPSA) is 15.3 Å². The first-order valence-electron chi connectivity index (χ1n) is 9.35. The van der Waals surface area contributed by atoms with Crippen LogP contribution in [-0.4, -0.2) is 17.6 Å². The fraction of sp³-hybridized carbons (Fsp3) is 0.417. The zero-order valence-electron chi connectivity index (χ0n) is 18.3. The van der Waals surface area contributed by atoms with Crippen LogP contribution in [-0.2, 0) is 6.54 Å². The van der Waals surface area contributed by atoms with Crippen molar-refractivity contribution >= 4 is 6.08 Å². The highest BCUT2D eigenvalue weighted by Gasteiger charge is 2.14. The molecule has 1 aromatic carbocycles. The molecule has 0 radical (unpaired) electrons. The maximum atomic E-state index is 13.9. The molecule has 0 aromatic heterocycles. The summed E-state index contributed by atoms with van der Waals surface area (Å²) in [5, 5.41) is 3.06.